The number of carbonyl (C=O) groups excluding carboxylic acids is 2. The lowest BCUT2D eigenvalue weighted by Crippen LogP contribution is -2.36. The first-order valence-electron chi connectivity index (χ1n) is 6.52. The number of nitrogens with one attached hydrogen (secondary N) is 2. The van der Waals surface area contributed by atoms with Gasteiger partial charge in [0.2, 0.25) is 0 Å². The van der Waals surface area contributed by atoms with Crippen LogP contribution in [-0.4, -0.2) is 25.2 Å². The quantitative estimate of drug-likeness (QED) is 0.657. The van der Waals surface area contributed by atoms with Gasteiger partial charge >= 0.3 is 12.0 Å². The fourth-order valence-corrected chi connectivity index (χ4v) is 2.18. The lowest BCUT2D eigenvalue weighted by Gasteiger charge is -2.15. The summed E-state index contributed by atoms with van der Waals surface area (Å²) >= 11 is 0. The summed E-state index contributed by atoms with van der Waals surface area (Å²) in [4.78, 5) is 23.5. The van der Waals surface area contributed by atoms with E-state index in [0.29, 0.717) is 16.8 Å². The van der Waals surface area contributed by atoms with E-state index < -0.39 is 5.97 Å². The number of esters is 1. The maximum atomic E-state index is 11.9. The van der Waals surface area contributed by atoms with Gasteiger partial charge in [0, 0.05) is 11.7 Å². The minimum absolute atomic E-state index is 0.152. The molecule has 0 saturated heterocycles. The Morgan fingerprint density at radius 2 is 1.95 bits per heavy atom. The van der Waals surface area contributed by atoms with Gasteiger partial charge < -0.3 is 15.4 Å². The Bertz CT molecular complexity index is 544. The van der Waals surface area contributed by atoms with Crippen molar-refractivity contribution in [1.82, 2.24) is 5.32 Å². The molecule has 5 heteroatoms. The lowest BCUT2D eigenvalue weighted by molar-refractivity contribution is 0.0600. The van der Waals surface area contributed by atoms with E-state index in [0.717, 1.165) is 12.8 Å². The first kappa shape index (κ1) is 14.1. The third-order valence-corrected chi connectivity index (χ3v) is 3.33. The third kappa shape index (κ3) is 3.17. The maximum absolute atomic E-state index is 11.9. The molecular weight excluding hydrogens is 256 g/mol. The summed E-state index contributed by atoms with van der Waals surface area (Å²) in [5.41, 5.74) is 1.75. The second kappa shape index (κ2) is 6.23. The molecule has 0 bridgehead atoms. The fraction of sp³-hybridized carbons (Fsp3) is 0.333. The van der Waals surface area contributed by atoms with Gasteiger partial charge in [0.05, 0.1) is 12.7 Å². The highest BCUT2D eigenvalue weighted by Crippen LogP contribution is 2.20. The molecule has 0 unspecified atom stereocenters. The summed E-state index contributed by atoms with van der Waals surface area (Å²) in [6, 6.07) is 5.04. The van der Waals surface area contributed by atoms with E-state index in [1.54, 1.807) is 25.1 Å². The first-order valence-corrected chi connectivity index (χ1v) is 6.52. The molecule has 1 aromatic carbocycles. The molecule has 0 saturated carbocycles. The molecule has 0 spiro atoms. The molecule has 2 N–H and O–H groups in total. The standard InChI is InChI=1S/C15H18N2O3/c1-10-12(14(18)20-2)8-5-9-13(10)17-15(19)16-11-6-3-4-7-11/h3-5,8-9,11H,6-7H2,1-2H3,(H2,16,17,19). The number of hydrogen-bond acceptors (Lipinski definition) is 3. The topological polar surface area (TPSA) is 67.4 Å². The summed E-state index contributed by atoms with van der Waals surface area (Å²) in [5, 5.41) is 5.66. The molecular formula is C15H18N2O3. The number of anilines is 1. The maximum Gasteiger partial charge on any atom is 0.338 e. The van der Waals surface area contributed by atoms with Gasteiger partial charge in [-0.25, -0.2) is 9.59 Å². The van der Waals surface area contributed by atoms with Crippen LogP contribution in [0.2, 0.25) is 0 Å². The van der Waals surface area contributed by atoms with Crippen LogP contribution in [0.3, 0.4) is 0 Å². The molecule has 0 heterocycles. The van der Waals surface area contributed by atoms with Crippen LogP contribution in [0, 0.1) is 6.92 Å². The Morgan fingerprint density at radius 1 is 1.25 bits per heavy atom. The molecule has 5 nitrogen and oxygen atoms in total. The normalized spacial score (nSPS) is 14.1. The summed E-state index contributed by atoms with van der Waals surface area (Å²) < 4.78 is 4.71. The molecule has 0 atom stereocenters. The minimum atomic E-state index is -0.411. The zero-order valence-electron chi connectivity index (χ0n) is 11.6. The number of rotatable bonds is 3. The summed E-state index contributed by atoms with van der Waals surface area (Å²) in [6.07, 6.45) is 5.81. The Balaban J connectivity index is 2.05. The Morgan fingerprint density at radius 3 is 2.60 bits per heavy atom. The molecule has 106 valence electrons. The van der Waals surface area contributed by atoms with E-state index in [1.807, 2.05) is 12.2 Å². The van der Waals surface area contributed by atoms with Gasteiger partial charge in [0.15, 0.2) is 0 Å². The van der Waals surface area contributed by atoms with Crippen LogP contribution >= 0.6 is 0 Å². The molecule has 0 aromatic heterocycles. The largest absolute Gasteiger partial charge is 0.465 e. The zero-order chi connectivity index (χ0) is 14.5. The van der Waals surface area contributed by atoms with Crippen LogP contribution in [-0.2, 0) is 4.74 Å². The predicted octanol–water partition coefficient (Wildman–Crippen LogP) is 2.62. The Kier molecular flexibility index (Phi) is 4.40. The van der Waals surface area contributed by atoms with E-state index >= 15 is 0 Å². The van der Waals surface area contributed by atoms with Gasteiger partial charge in [-0.15, -0.1) is 0 Å². The minimum Gasteiger partial charge on any atom is -0.465 e. The molecule has 2 amide bonds. The second-order valence-electron chi connectivity index (χ2n) is 4.71. The van der Waals surface area contributed by atoms with Gasteiger partial charge in [0.25, 0.3) is 0 Å². The van der Waals surface area contributed by atoms with E-state index in [-0.39, 0.29) is 12.1 Å². The number of methoxy groups -OCH3 is 1. The number of carbonyl (C=O) groups is 2. The molecule has 1 aromatic rings. The van der Waals surface area contributed by atoms with Crippen LogP contribution in [0.4, 0.5) is 10.5 Å². The monoisotopic (exact) mass is 274 g/mol. The number of hydrogen-bond donors (Lipinski definition) is 2. The van der Waals surface area contributed by atoms with Crippen molar-refractivity contribution in [3.8, 4) is 0 Å². The number of urea groups is 1. The molecule has 0 aliphatic heterocycles. The first-order chi connectivity index (χ1) is 9.61. The van der Waals surface area contributed by atoms with Gasteiger partial charge in [-0.1, -0.05) is 18.2 Å². The van der Waals surface area contributed by atoms with Gasteiger partial charge in [-0.2, -0.15) is 0 Å². The zero-order valence-corrected chi connectivity index (χ0v) is 11.6. The van der Waals surface area contributed by atoms with Crippen molar-refractivity contribution >= 4 is 17.7 Å². The SMILES string of the molecule is COC(=O)c1cccc(NC(=O)NC2CC=CC2)c1C. The summed E-state index contributed by atoms with van der Waals surface area (Å²) in [5.74, 6) is -0.411. The van der Waals surface area contributed by atoms with E-state index in [2.05, 4.69) is 10.6 Å². The molecule has 20 heavy (non-hydrogen) atoms. The van der Waals surface area contributed by atoms with Crippen molar-refractivity contribution in [2.75, 3.05) is 12.4 Å². The van der Waals surface area contributed by atoms with E-state index in [9.17, 15) is 9.59 Å². The van der Waals surface area contributed by atoms with Crippen molar-refractivity contribution < 1.29 is 14.3 Å². The van der Waals surface area contributed by atoms with Crippen LogP contribution in [0.5, 0.6) is 0 Å². The molecule has 0 radical (unpaired) electrons. The summed E-state index contributed by atoms with van der Waals surface area (Å²) in [7, 11) is 1.33. The molecule has 0 fully saturated rings. The van der Waals surface area contributed by atoms with Crippen LogP contribution in [0.15, 0.2) is 30.4 Å². The van der Waals surface area contributed by atoms with Crippen molar-refractivity contribution in [3.05, 3.63) is 41.5 Å². The van der Waals surface area contributed by atoms with Crippen molar-refractivity contribution in [2.24, 2.45) is 0 Å². The number of amides is 2. The van der Waals surface area contributed by atoms with E-state index in [1.165, 1.54) is 7.11 Å². The van der Waals surface area contributed by atoms with Gasteiger partial charge in [0.1, 0.15) is 0 Å². The average molecular weight is 274 g/mol. The van der Waals surface area contributed by atoms with E-state index in [4.69, 9.17) is 4.74 Å². The van der Waals surface area contributed by atoms with Gasteiger partial charge in [-0.3, -0.25) is 0 Å². The Hall–Kier alpha value is -2.30. The smallest absolute Gasteiger partial charge is 0.338 e. The molecule has 2 rings (SSSR count). The van der Waals surface area contributed by atoms with Crippen molar-refractivity contribution in [3.63, 3.8) is 0 Å². The van der Waals surface area contributed by atoms with Crippen LogP contribution in [0.1, 0.15) is 28.8 Å². The van der Waals surface area contributed by atoms with Gasteiger partial charge in [-0.05, 0) is 37.5 Å². The molecule has 1 aliphatic rings. The molecule has 1 aliphatic carbocycles. The second-order valence-corrected chi connectivity index (χ2v) is 4.71. The lowest BCUT2D eigenvalue weighted by atomic mass is 10.1. The summed E-state index contributed by atoms with van der Waals surface area (Å²) in [6.45, 7) is 1.78. The highest BCUT2D eigenvalue weighted by Gasteiger charge is 2.16. The van der Waals surface area contributed by atoms with Crippen LogP contribution in [0.25, 0.3) is 0 Å². The average Bonchev–Trinajstić information content (AvgIpc) is 2.93. The van der Waals surface area contributed by atoms with Crippen molar-refractivity contribution in [2.45, 2.75) is 25.8 Å². The predicted molar refractivity (Wildman–Crippen MR) is 76.8 cm³/mol. The number of benzene rings is 1. The Labute approximate surface area is 118 Å². The van der Waals surface area contributed by atoms with Crippen molar-refractivity contribution in [1.29, 1.82) is 0 Å². The number of ether oxygens (including phenoxy) is 1. The fourth-order valence-electron chi connectivity index (χ4n) is 2.18. The highest BCUT2D eigenvalue weighted by atomic mass is 16.5. The highest BCUT2D eigenvalue weighted by molar-refractivity contribution is 5.96. The van der Waals surface area contributed by atoms with Crippen LogP contribution < -0.4 is 10.6 Å². The third-order valence-electron chi connectivity index (χ3n) is 3.33.